The molecule has 1 atom stereocenters. The fraction of sp³-hybridized carbons (Fsp3) is 0.167. The molecule has 0 spiro atoms. The number of aromatic nitrogens is 2. The molecule has 1 unspecified atom stereocenters. The monoisotopic (exact) mass is 311 g/mol. The van der Waals surface area contributed by atoms with Crippen molar-refractivity contribution in [1.82, 2.24) is 15.3 Å². The third-order valence-corrected chi connectivity index (χ3v) is 3.10. The van der Waals surface area contributed by atoms with Gasteiger partial charge in [-0.25, -0.2) is 9.97 Å². The Morgan fingerprint density at radius 1 is 1.18 bits per heavy atom. The fourth-order valence-corrected chi connectivity index (χ4v) is 2.61. The van der Waals surface area contributed by atoms with Crippen molar-refractivity contribution in [2.75, 3.05) is 7.05 Å². The maximum absolute atomic E-state index is 6.05. The smallest absolute Gasteiger partial charge is 0.115 e. The first-order chi connectivity index (χ1) is 8.20. The molecule has 2 aromatic rings. The molecule has 3 nitrogen and oxygen atoms in total. The van der Waals surface area contributed by atoms with Crippen LogP contribution < -0.4 is 5.32 Å². The lowest BCUT2D eigenvalue weighted by Gasteiger charge is -2.17. The van der Waals surface area contributed by atoms with E-state index < -0.39 is 0 Å². The minimum atomic E-state index is 0.0335. The number of nitrogens with one attached hydrogen (secondary N) is 1. The predicted octanol–water partition coefficient (Wildman–Crippen LogP) is 3.20. The van der Waals surface area contributed by atoms with E-state index in [2.05, 4.69) is 31.2 Å². The Labute approximate surface area is 113 Å². The van der Waals surface area contributed by atoms with E-state index in [-0.39, 0.29) is 6.04 Å². The van der Waals surface area contributed by atoms with Gasteiger partial charge >= 0.3 is 0 Å². The van der Waals surface area contributed by atoms with Gasteiger partial charge in [-0.15, -0.1) is 0 Å². The first-order valence-corrected chi connectivity index (χ1v) is 6.26. The molecule has 1 aromatic carbocycles. The van der Waals surface area contributed by atoms with E-state index in [0.29, 0.717) is 5.02 Å². The molecule has 1 heterocycles. The summed E-state index contributed by atoms with van der Waals surface area (Å²) in [6.07, 6.45) is 5.11. The molecule has 0 fully saturated rings. The minimum Gasteiger partial charge on any atom is -0.309 e. The lowest BCUT2D eigenvalue weighted by molar-refractivity contribution is 0.684. The Morgan fingerprint density at radius 3 is 2.47 bits per heavy atom. The summed E-state index contributed by atoms with van der Waals surface area (Å²) >= 11 is 9.49. The van der Waals surface area contributed by atoms with Crippen LogP contribution in [0.25, 0.3) is 0 Å². The second-order valence-corrected chi connectivity index (χ2v) is 4.95. The lowest BCUT2D eigenvalue weighted by atomic mass is 10.0. The van der Waals surface area contributed by atoms with Gasteiger partial charge in [0.1, 0.15) is 6.33 Å². The van der Waals surface area contributed by atoms with Gasteiger partial charge < -0.3 is 5.32 Å². The van der Waals surface area contributed by atoms with Crippen LogP contribution in [0, 0.1) is 0 Å². The first kappa shape index (κ1) is 12.5. The zero-order valence-corrected chi connectivity index (χ0v) is 11.5. The number of rotatable bonds is 3. The summed E-state index contributed by atoms with van der Waals surface area (Å²) in [6, 6.07) is 5.85. The normalized spacial score (nSPS) is 12.4. The van der Waals surface area contributed by atoms with Crippen molar-refractivity contribution in [2.24, 2.45) is 0 Å². The molecule has 0 aliphatic carbocycles. The Hall–Kier alpha value is -0.970. The van der Waals surface area contributed by atoms with Crippen molar-refractivity contribution in [3.05, 3.63) is 57.5 Å². The average molecular weight is 313 g/mol. The van der Waals surface area contributed by atoms with Crippen molar-refractivity contribution < 1.29 is 0 Å². The molecule has 0 saturated heterocycles. The summed E-state index contributed by atoms with van der Waals surface area (Å²) < 4.78 is 0.956. The highest BCUT2D eigenvalue weighted by Crippen LogP contribution is 2.27. The Bertz CT molecular complexity index is 484. The number of hydrogen-bond acceptors (Lipinski definition) is 3. The maximum atomic E-state index is 6.05. The fourth-order valence-electron chi connectivity index (χ4n) is 1.73. The Kier molecular flexibility index (Phi) is 4.10. The number of hydrogen-bond donors (Lipinski definition) is 1. The molecule has 2 rings (SSSR count). The van der Waals surface area contributed by atoms with E-state index in [0.717, 1.165) is 15.6 Å². The Balaban J connectivity index is 2.42. The third kappa shape index (κ3) is 3.03. The largest absolute Gasteiger partial charge is 0.309 e. The highest BCUT2D eigenvalue weighted by molar-refractivity contribution is 9.10. The molecule has 0 aliphatic heterocycles. The number of nitrogens with zero attached hydrogens (tertiary/aromatic N) is 2. The van der Waals surface area contributed by atoms with Crippen LogP contribution in [0.1, 0.15) is 17.2 Å². The van der Waals surface area contributed by atoms with Gasteiger partial charge in [-0.1, -0.05) is 27.5 Å². The van der Waals surface area contributed by atoms with Crippen LogP contribution in [0.15, 0.2) is 41.4 Å². The van der Waals surface area contributed by atoms with Crippen molar-refractivity contribution in [2.45, 2.75) is 6.04 Å². The second kappa shape index (κ2) is 5.58. The predicted molar refractivity (Wildman–Crippen MR) is 72.1 cm³/mol. The first-order valence-electron chi connectivity index (χ1n) is 5.09. The van der Waals surface area contributed by atoms with E-state index in [4.69, 9.17) is 11.6 Å². The van der Waals surface area contributed by atoms with Crippen LogP contribution in [0.3, 0.4) is 0 Å². The topological polar surface area (TPSA) is 37.8 Å². The van der Waals surface area contributed by atoms with E-state index in [9.17, 15) is 0 Å². The molecule has 1 N–H and O–H groups in total. The zero-order valence-electron chi connectivity index (χ0n) is 9.19. The second-order valence-electron chi connectivity index (χ2n) is 3.60. The SMILES string of the molecule is CNC(c1cncnc1)c1cc(Cl)cc(Br)c1. The van der Waals surface area contributed by atoms with Crippen LogP contribution in [-0.4, -0.2) is 17.0 Å². The van der Waals surface area contributed by atoms with E-state index >= 15 is 0 Å². The molecular formula is C12H11BrClN3. The Morgan fingerprint density at radius 2 is 1.88 bits per heavy atom. The van der Waals surface area contributed by atoms with Gasteiger partial charge in [-0.05, 0) is 30.8 Å². The van der Waals surface area contributed by atoms with Crippen LogP contribution in [0.2, 0.25) is 5.02 Å². The number of benzene rings is 1. The maximum Gasteiger partial charge on any atom is 0.115 e. The highest BCUT2D eigenvalue weighted by atomic mass is 79.9. The zero-order chi connectivity index (χ0) is 12.3. The summed E-state index contributed by atoms with van der Waals surface area (Å²) in [5.41, 5.74) is 2.07. The molecule has 88 valence electrons. The van der Waals surface area contributed by atoms with Gasteiger partial charge in [-0.2, -0.15) is 0 Å². The van der Waals surface area contributed by atoms with Crippen molar-refractivity contribution in [3.63, 3.8) is 0 Å². The summed E-state index contributed by atoms with van der Waals surface area (Å²) in [7, 11) is 1.90. The molecular weight excluding hydrogens is 302 g/mol. The van der Waals surface area contributed by atoms with E-state index in [1.807, 2.05) is 25.2 Å². The quantitative estimate of drug-likeness (QED) is 0.946. The third-order valence-electron chi connectivity index (χ3n) is 2.42. The standard InChI is InChI=1S/C12H11BrClN3/c1-15-12(9-5-16-7-17-6-9)8-2-10(13)4-11(14)3-8/h2-7,12,15H,1H3. The average Bonchev–Trinajstić information content (AvgIpc) is 2.30. The van der Waals surface area contributed by atoms with Crippen LogP contribution in [0.5, 0.6) is 0 Å². The molecule has 1 aromatic heterocycles. The van der Waals surface area contributed by atoms with Gasteiger partial charge in [0.15, 0.2) is 0 Å². The minimum absolute atomic E-state index is 0.0335. The van der Waals surface area contributed by atoms with Crippen LogP contribution in [0.4, 0.5) is 0 Å². The lowest BCUT2D eigenvalue weighted by Crippen LogP contribution is -2.18. The van der Waals surface area contributed by atoms with E-state index in [1.165, 1.54) is 6.33 Å². The summed E-state index contributed by atoms with van der Waals surface area (Å²) in [6.45, 7) is 0. The van der Waals surface area contributed by atoms with Gasteiger partial charge in [0, 0.05) is 27.5 Å². The van der Waals surface area contributed by atoms with Gasteiger partial charge in [0.2, 0.25) is 0 Å². The number of halogens is 2. The molecule has 0 bridgehead atoms. The summed E-state index contributed by atoms with van der Waals surface area (Å²) in [4.78, 5) is 8.06. The van der Waals surface area contributed by atoms with Gasteiger partial charge in [-0.3, -0.25) is 0 Å². The van der Waals surface area contributed by atoms with Gasteiger partial charge in [0.25, 0.3) is 0 Å². The molecule has 0 saturated carbocycles. The molecule has 17 heavy (non-hydrogen) atoms. The van der Waals surface area contributed by atoms with Gasteiger partial charge in [0.05, 0.1) is 6.04 Å². The molecule has 0 radical (unpaired) electrons. The molecule has 0 amide bonds. The summed E-state index contributed by atoms with van der Waals surface area (Å²) in [5.74, 6) is 0. The molecule has 5 heteroatoms. The van der Waals surface area contributed by atoms with Crippen molar-refractivity contribution >= 4 is 27.5 Å². The van der Waals surface area contributed by atoms with Crippen LogP contribution >= 0.6 is 27.5 Å². The van der Waals surface area contributed by atoms with E-state index in [1.54, 1.807) is 12.4 Å². The van der Waals surface area contributed by atoms with Crippen LogP contribution in [-0.2, 0) is 0 Å². The van der Waals surface area contributed by atoms with Crippen molar-refractivity contribution in [1.29, 1.82) is 0 Å². The highest BCUT2D eigenvalue weighted by Gasteiger charge is 2.13. The summed E-state index contributed by atoms with van der Waals surface area (Å²) in [5, 5.41) is 3.93. The molecule has 0 aliphatic rings. The van der Waals surface area contributed by atoms with Crippen molar-refractivity contribution in [3.8, 4) is 0 Å².